The van der Waals surface area contributed by atoms with Crippen molar-refractivity contribution >= 4 is 45.1 Å². The van der Waals surface area contributed by atoms with Crippen LogP contribution in [0.2, 0.25) is 0 Å². The van der Waals surface area contributed by atoms with Gasteiger partial charge in [0.15, 0.2) is 0 Å². The Morgan fingerprint density at radius 3 is 2.65 bits per heavy atom. The summed E-state index contributed by atoms with van der Waals surface area (Å²) in [7, 11) is 0. The maximum absolute atomic E-state index is 13.1. The Balaban J connectivity index is 1.30. The van der Waals surface area contributed by atoms with Crippen LogP contribution in [-0.4, -0.2) is 38.5 Å². The highest BCUT2D eigenvalue weighted by Gasteiger charge is 2.32. The lowest BCUT2D eigenvalue weighted by Crippen LogP contribution is -2.54. The minimum atomic E-state index is -0.791. The lowest BCUT2D eigenvalue weighted by atomic mass is 10.1. The Kier molecular flexibility index (Phi) is 6.16. The van der Waals surface area contributed by atoms with E-state index in [4.69, 9.17) is 0 Å². The average molecular weight is 495 g/mol. The fourth-order valence-electron chi connectivity index (χ4n) is 3.76. The van der Waals surface area contributed by atoms with Crippen molar-refractivity contribution < 1.29 is 14.0 Å². The van der Waals surface area contributed by atoms with Crippen molar-refractivity contribution in [3.05, 3.63) is 88.0 Å². The molecule has 172 valence electrons. The van der Waals surface area contributed by atoms with Gasteiger partial charge in [0.25, 0.3) is 11.5 Å². The van der Waals surface area contributed by atoms with Crippen molar-refractivity contribution in [1.82, 2.24) is 15.0 Å². The van der Waals surface area contributed by atoms with E-state index < -0.39 is 11.9 Å². The first-order valence-corrected chi connectivity index (χ1v) is 12.4. The number of thiophene rings is 1. The summed E-state index contributed by atoms with van der Waals surface area (Å²) in [6, 6.07) is 14.7. The van der Waals surface area contributed by atoms with Gasteiger partial charge in [-0.15, -0.1) is 23.1 Å². The second-order valence-corrected chi connectivity index (χ2v) is 9.90. The molecule has 2 aromatic carbocycles. The zero-order valence-electron chi connectivity index (χ0n) is 17.7. The molecule has 7 nitrogen and oxygen atoms in total. The van der Waals surface area contributed by atoms with Gasteiger partial charge in [-0.25, -0.2) is 14.1 Å². The summed E-state index contributed by atoms with van der Waals surface area (Å²) in [6.07, 6.45) is 1.72. The highest BCUT2D eigenvalue weighted by molar-refractivity contribution is 8.00. The molecule has 1 saturated heterocycles. The summed E-state index contributed by atoms with van der Waals surface area (Å²) >= 11 is 2.72. The Hall–Kier alpha value is -3.50. The van der Waals surface area contributed by atoms with Gasteiger partial charge in [0.1, 0.15) is 23.0 Å². The average Bonchev–Trinajstić information content (AvgIpc) is 3.29. The van der Waals surface area contributed by atoms with Crippen molar-refractivity contribution in [2.75, 3.05) is 11.2 Å². The number of aromatic nitrogens is 2. The number of nitrogens with zero attached hydrogens (tertiary/aromatic N) is 2. The predicted molar refractivity (Wildman–Crippen MR) is 132 cm³/mol. The van der Waals surface area contributed by atoms with E-state index in [0.717, 1.165) is 21.4 Å². The van der Waals surface area contributed by atoms with E-state index >= 15 is 0 Å². The Bertz CT molecular complexity index is 1420. The Morgan fingerprint density at radius 2 is 1.91 bits per heavy atom. The van der Waals surface area contributed by atoms with Crippen LogP contribution in [0.3, 0.4) is 0 Å². The van der Waals surface area contributed by atoms with Gasteiger partial charge in [0.05, 0.1) is 10.6 Å². The SMILES string of the molecule is O=C(Nn1cnc2scc(-c3ccccc3)c2c1=O)C1CSC(Cc2ccc(F)cc2)C(=O)N1. The zero-order chi connectivity index (χ0) is 23.7. The lowest BCUT2D eigenvalue weighted by molar-refractivity contribution is -0.126. The van der Waals surface area contributed by atoms with Gasteiger partial charge in [-0.3, -0.25) is 19.8 Å². The monoisotopic (exact) mass is 494 g/mol. The van der Waals surface area contributed by atoms with E-state index in [0.29, 0.717) is 22.4 Å². The van der Waals surface area contributed by atoms with Gasteiger partial charge in [-0.1, -0.05) is 42.5 Å². The summed E-state index contributed by atoms with van der Waals surface area (Å²) in [4.78, 5) is 43.4. The molecule has 1 fully saturated rings. The van der Waals surface area contributed by atoms with Crippen molar-refractivity contribution in [3.63, 3.8) is 0 Å². The number of benzene rings is 2. The first kappa shape index (κ1) is 22.3. The molecule has 0 bridgehead atoms. The standard InChI is InChI=1S/C24H19FN4O3S2/c25-16-8-6-14(7-9-16)10-19-22(31)27-18(12-33-19)21(30)28-29-13-26-23-20(24(29)32)17(11-34-23)15-4-2-1-3-5-15/h1-9,11,13,18-19H,10,12H2,(H,27,31)(H,28,30). The van der Waals surface area contributed by atoms with Crippen LogP contribution in [0.4, 0.5) is 4.39 Å². The molecule has 2 amide bonds. The normalized spacial score (nSPS) is 18.0. The van der Waals surface area contributed by atoms with Crippen LogP contribution < -0.4 is 16.3 Å². The van der Waals surface area contributed by atoms with Crippen molar-refractivity contribution in [1.29, 1.82) is 0 Å². The van der Waals surface area contributed by atoms with Gasteiger partial charge < -0.3 is 5.32 Å². The second kappa shape index (κ2) is 9.40. The maximum Gasteiger partial charge on any atom is 0.281 e. The van der Waals surface area contributed by atoms with Crippen LogP contribution in [0, 0.1) is 5.82 Å². The third kappa shape index (κ3) is 4.46. The number of hydrogen-bond donors (Lipinski definition) is 2. The van der Waals surface area contributed by atoms with Crippen LogP contribution in [0.1, 0.15) is 5.56 Å². The van der Waals surface area contributed by atoms with Gasteiger partial charge in [-0.2, -0.15) is 0 Å². The third-order valence-corrected chi connectivity index (χ3v) is 7.73. The molecule has 10 heteroatoms. The molecule has 34 heavy (non-hydrogen) atoms. The molecular weight excluding hydrogens is 475 g/mol. The molecule has 1 aliphatic heterocycles. The molecule has 4 aromatic rings. The minimum Gasteiger partial charge on any atom is -0.342 e. The van der Waals surface area contributed by atoms with E-state index in [1.165, 1.54) is 41.6 Å². The van der Waals surface area contributed by atoms with Crippen LogP contribution in [0.25, 0.3) is 21.3 Å². The van der Waals surface area contributed by atoms with E-state index in [-0.39, 0.29) is 22.5 Å². The number of halogens is 1. The van der Waals surface area contributed by atoms with Gasteiger partial charge in [0.2, 0.25) is 5.91 Å². The molecule has 5 rings (SSSR count). The van der Waals surface area contributed by atoms with Gasteiger partial charge >= 0.3 is 0 Å². The second-order valence-electron chi connectivity index (χ2n) is 7.81. The molecule has 2 aromatic heterocycles. The Morgan fingerprint density at radius 1 is 1.15 bits per heavy atom. The van der Waals surface area contributed by atoms with E-state index in [1.54, 1.807) is 12.1 Å². The zero-order valence-corrected chi connectivity index (χ0v) is 19.4. The van der Waals surface area contributed by atoms with E-state index in [1.807, 2.05) is 35.7 Å². The highest BCUT2D eigenvalue weighted by atomic mass is 32.2. The van der Waals surface area contributed by atoms with Crippen molar-refractivity contribution in [2.24, 2.45) is 0 Å². The number of carbonyl (C=O) groups is 2. The first-order valence-electron chi connectivity index (χ1n) is 10.5. The van der Waals surface area contributed by atoms with E-state index in [2.05, 4.69) is 15.7 Å². The number of thioether (sulfide) groups is 1. The summed E-state index contributed by atoms with van der Waals surface area (Å²) in [5.41, 5.74) is 4.67. The van der Waals surface area contributed by atoms with Gasteiger partial charge in [0, 0.05) is 16.7 Å². The number of amides is 2. The fraction of sp³-hybridized carbons (Fsp3) is 0.167. The van der Waals surface area contributed by atoms with Gasteiger partial charge in [-0.05, 0) is 29.7 Å². The van der Waals surface area contributed by atoms with Crippen molar-refractivity contribution in [3.8, 4) is 11.1 Å². The Labute approximate surface area is 202 Å². The van der Waals surface area contributed by atoms with Crippen LogP contribution in [0.5, 0.6) is 0 Å². The number of hydrogen-bond acceptors (Lipinski definition) is 6. The highest BCUT2D eigenvalue weighted by Crippen LogP contribution is 2.30. The largest absolute Gasteiger partial charge is 0.342 e. The number of fused-ring (bicyclic) bond motifs is 1. The lowest BCUT2D eigenvalue weighted by Gasteiger charge is -2.28. The molecule has 0 radical (unpaired) electrons. The molecule has 1 aliphatic rings. The fourth-order valence-corrected chi connectivity index (χ4v) is 5.86. The van der Waals surface area contributed by atoms with Crippen molar-refractivity contribution in [2.45, 2.75) is 17.7 Å². The van der Waals surface area contributed by atoms with Crippen LogP contribution >= 0.6 is 23.1 Å². The molecule has 0 aliphatic carbocycles. The molecule has 3 heterocycles. The third-order valence-electron chi connectivity index (χ3n) is 5.53. The topological polar surface area (TPSA) is 93.1 Å². The molecular formula is C24H19FN4O3S2. The first-order chi connectivity index (χ1) is 16.5. The molecule has 2 atom stereocenters. The minimum absolute atomic E-state index is 0.272. The van der Waals surface area contributed by atoms with Crippen LogP contribution in [0.15, 0.2) is 71.1 Å². The summed E-state index contributed by atoms with van der Waals surface area (Å²) < 4.78 is 14.2. The molecule has 0 spiro atoms. The molecule has 2 unspecified atom stereocenters. The quantitative estimate of drug-likeness (QED) is 0.445. The number of rotatable bonds is 5. The van der Waals surface area contributed by atoms with E-state index in [9.17, 15) is 18.8 Å². The summed E-state index contributed by atoms with van der Waals surface area (Å²) in [5, 5.41) is 4.65. The smallest absolute Gasteiger partial charge is 0.281 e. The number of nitrogens with one attached hydrogen (secondary N) is 2. The maximum atomic E-state index is 13.1. The predicted octanol–water partition coefficient (Wildman–Crippen LogP) is 3.18. The summed E-state index contributed by atoms with van der Waals surface area (Å²) in [5.74, 6) is -0.754. The summed E-state index contributed by atoms with van der Waals surface area (Å²) in [6.45, 7) is 0. The number of carbonyl (C=O) groups excluding carboxylic acids is 2. The molecule has 2 N–H and O–H groups in total. The van der Waals surface area contributed by atoms with Crippen LogP contribution in [-0.2, 0) is 16.0 Å². The molecule has 0 saturated carbocycles.